The van der Waals surface area contributed by atoms with Crippen molar-refractivity contribution >= 4 is 33.2 Å². The van der Waals surface area contributed by atoms with Crippen LogP contribution in [0.3, 0.4) is 0 Å². The van der Waals surface area contributed by atoms with E-state index in [1.807, 2.05) is 36.4 Å². The largest absolute Gasteiger partial charge is 0.260 e. The van der Waals surface area contributed by atoms with Crippen LogP contribution >= 0.6 is 23.2 Å². The summed E-state index contributed by atoms with van der Waals surface area (Å²) in [5, 5.41) is 0.462. The highest BCUT2D eigenvalue weighted by Gasteiger charge is 2.27. The van der Waals surface area contributed by atoms with E-state index in [2.05, 4.69) is 4.98 Å². The van der Waals surface area contributed by atoms with Crippen LogP contribution in [0.25, 0.3) is 0 Å². The lowest BCUT2D eigenvalue weighted by molar-refractivity contribution is 0.405. The van der Waals surface area contributed by atoms with Crippen LogP contribution in [0.4, 0.5) is 0 Å². The van der Waals surface area contributed by atoms with Gasteiger partial charge in [0.25, 0.3) is 0 Å². The number of hydrogen-bond donors (Lipinski definition) is 0. The smallest absolute Gasteiger partial charge is 0.244 e. The van der Waals surface area contributed by atoms with Crippen molar-refractivity contribution in [2.45, 2.75) is 17.9 Å². The van der Waals surface area contributed by atoms with E-state index < -0.39 is 10.0 Å². The van der Waals surface area contributed by atoms with Crippen LogP contribution in [0.15, 0.2) is 77.8 Å². The van der Waals surface area contributed by atoms with Crippen LogP contribution in [-0.2, 0) is 23.0 Å². The topological polar surface area (TPSA) is 50.3 Å². The van der Waals surface area contributed by atoms with E-state index in [0.29, 0.717) is 23.7 Å². The maximum Gasteiger partial charge on any atom is 0.244 e. The zero-order valence-corrected chi connectivity index (χ0v) is 16.8. The Morgan fingerprint density at radius 1 is 0.926 bits per heavy atom. The van der Waals surface area contributed by atoms with Gasteiger partial charge in [-0.25, -0.2) is 8.42 Å². The van der Waals surface area contributed by atoms with E-state index >= 15 is 0 Å². The lowest BCUT2D eigenvalue weighted by Crippen LogP contribution is -2.33. The summed E-state index contributed by atoms with van der Waals surface area (Å²) < 4.78 is 28.0. The van der Waals surface area contributed by atoms with Gasteiger partial charge < -0.3 is 0 Å². The van der Waals surface area contributed by atoms with Crippen LogP contribution in [0.5, 0.6) is 0 Å². The van der Waals surface area contributed by atoms with E-state index in [1.165, 1.54) is 16.4 Å². The third-order valence-electron chi connectivity index (χ3n) is 4.07. The monoisotopic (exact) mass is 420 g/mol. The number of nitrogens with zero attached hydrogens (tertiary/aromatic N) is 2. The molecule has 3 rings (SSSR count). The molecule has 0 aliphatic heterocycles. The van der Waals surface area contributed by atoms with Gasteiger partial charge in [0, 0.05) is 17.8 Å². The molecule has 1 heterocycles. The Kier molecular flexibility index (Phi) is 6.50. The minimum absolute atomic E-state index is 0.000611. The first kappa shape index (κ1) is 19.8. The van der Waals surface area contributed by atoms with Gasteiger partial charge in [0.1, 0.15) is 4.90 Å². The standard InChI is InChI=1S/C20H18Cl2N2O2S/c21-17-9-10-19(22)20(14-17)27(25,26)24(15-18-8-4-5-12-23-18)13-11-16-6-2-1-3-7-16/h1-10,12,14H,11,13,15H2. The van der Waals surface area contributed by atoms with Gasteiger partial charge >= 0.3 is 0 Å². The van der Waals surface area contributed by atoms with Crippen molar-refractivity contribution in [3.63, 3.8) is 0 Å². The molecule has 0 atom stereocenters. The van der Waals surface area contributed by atoms with E-state index in [4.69, 9.17) is 23.2 Å². The summed E-state index contributed by atoms with van der Waals surface area (Å²) in [5.74, 6) is 0. The molecule has 0 unspecified atom stereocenters. The Balaban J connectivity index is 1.93. The number of halogens is 2. The molecule has 2 aromatic carbocycles. The highest BCUT2D eigenvalue weighted by molar-refractivity contribution is 7.89. The Labute approximate surface area is 169 Å². The average molecular weight is 421 g/mol. The summed E-state index contributed by atoms with van der Waals surface area (Å²) in [7, 11) is -3.85. The van der Waals surface area contributed by atoms with E-state index in [-0.39, 0.29) is 16.5 Å². The number of rotatable bonds is 7. The molecule has 140 valence electrons. The van der Waals surface area contributed by atoms with Crippen LogP contribution < -0.4 is 0 Å². The molecule has 0 saturated carbocycles. The van der Waals surface area contributed by atoms with Crippen molar-refractivity contribution < 1.29 is 8.42 Å². The molecule has 0 spiro atoms. The second kappa shape index (κ2) is 8.85. The first-order valence-electron chi connectivity index (χ1n) is 8.36. The van der Waals surface area contributed by atoms with Crippen molar-refractivity contribution in [2.24, 2.45) is 0 Å². The number of aromatic nitrogens is 1. The van der Waals surface area contributed by atoms with Gasteiger partial charge in [-0.3, -0.25) is 4.98 Å². The van der Waals surface area contributed by atoms with Gasteiger partial charge in [-0.15, -0.1) is 0 Å². The summed E-state index contributed by atoms with van der Waals surface area (Å²) in [6.07, 6.45) is 2.22. The predicted molar refractivity (Wildman–Crippen MR) is 108 cm³/mol. The number of benzene rings is 2. The Bertz CT molecular complexity index is 997. The zero-order valence-electron chi connectivity index (χ0n) is 14.4. The Morgan fingerprint density at radius 3 is 2.37 bits per heavy atom. The SMILES string of the molecule is O=S(=O)(c1cc(Cl)ccc1Cl)N(CCc1ccccc1)Cc1ccccn1. The van der Waals surface area contributed by atoms with Gasteiger partial charge in [0.05, 0.1) is 17.3 Å². The summed E-state index contributed by atoms with van der Waals surface area (Å²) in [6, 6.07) is 19.6. The van der Waals surface area contributed by atoms with Crippen LogP contribution in [-0.4, -0.2) is 24.3 Å². The maximum absolute atomic E-state index is 13.3. The van der Waals surface area contributed by atoms with Crippen molar-refractivity contribution in [3.8, 4) is 0 Å². The van der Waals surface area contributed by atoms with E-state index in [1.54, 1.807) is 24.4 Å². The number of sulfonamides is 1. The molecule has 0 amide bonds. The molecule has 7 heteroatoms. The van der Waals surface area contributed by atoms with Gasteiger partial charge in [-0.05, 0) is 42.3 Å². The minimum atomic E-state index is -3.85. The van der Waals surface area contributed by atoms with Gasteiger partial charge in [0.2, 0.25) is 10.0 Å². The summed E-state index contributed by atoms with van der Waals surface area (Å²) in [6.45, 7) is 0.449. The molecule has 27 heavy (non-hydrogen) atoms. The molecule has 0 N–H and O–H groups in total. The van der Waals surface area contributed by atoms with Crippen molar-refractivity contribution in [1.29, 1.82) is 0 Å². The molecule has 4 nitrogen and oxygen atoms in total. The molecule has 0 aliphatic carbocycles. The number of hydrogen-bond acceptors (Lipinski definition) is 3. The summed E-state index contributed by atoms with van der Waals surface area (Å²) in [5.41, 5.74) is 1.71. The van der Waals surface area contributed by atoms with Crippen LogP contribution in [0.1, 0.15) is 11.3 Å². The predicted octanol–water partition coefficient (Wildman–Crippen LogP) is 4.82. The van der Waals surface area contributed by atoms with E-state index in [0.717, 1.165) is 5.56 Å². The number of pyridine rings is 1. The maximum atomic E-state index is 13.3. The Morgan fingerprint density at radius 2 is 1.67 bits per heavy atom. The molecule has 1 aromatic heterocycles. The molecule has 3 aromatic rings. The lowest BCUT2D eigenvalue weighted by Gasteiger charge is -2.22. The first-order chi connectivity index (χ1) is 13.0. The molecule has 0 radical (unpaired) electrons. The fourth-order valence-electron chi connectivity index (χ4n) is 2.67. The van der Waals surface area contributed by atoms with Crippen molar-refractivity contribution in [3.05, 3.63) is 94.2 Å². The molecule has 0 aliphatic rings. The third kappa shape index (κ3) is 5.08. The van der Waals surface area contributed by atoms with Gasteiger partial charge in [0.15, 0.2) is 0 Å². The van der Waals surface area contributed by atoms with Gasteiger partial charge in [-0.2, -0.15) is 4.31 Å². The fraction of sp³-hybridized carbons (Fsp3) is 0.150. The average Bonchev–Trinajstić information content (AvgIpc) is 2.68. The molecule has 0 fully saturated rings. The zero-order chi connectivity index (χ0) is 19.3. The highest BCUT2D eigenvalue weighted by Crippen LogP contribution is 2.28. The molecular formula is C20H18Cl2N2O2S. The molecule has 0 bridgehead atoms. The fourth-order valence-corrected chi connectivity index (χ4v) is 4.82. The van der Waals surface area contributed by atoms with Crippen molar-refractivity contribution in [2.75, 3.05) is 6.54 Å². The second-order valence-electron chi connectivity index (χ2n) is 5.97. The lowest BCUT2D eigenvalue weighted by atomic mass is 10.1. The van der Waals surface area contributed by atoms with Crippen molar-refractivity contribution in [1.82, 2.24) is 9.29 Å². The summed E-state index contributed by atoms with van der Waals surface area (Å²) >= 11 is 12.2. The van der Waals surface area contributed by atoms with Crippen LogP contribution in [0.2, 0.25) is 10.0 Å². The third-order valence-corrected chi connectivity index (χ3v) is 6.63. The highest BCUT2D eigenvalue weighted by atomic mass is 35.5. The van der Waals surface area contributed by atoms with Crippen LogP contribution in [0, 0.1) is 0 Å². The van der Waals surface area contributed by atoms with E-state index in [9.17, 15) is 8.42 Å². The van der Waals surface area contributed by atoms with Gasteiger partial charge in [-0.1, -0.05) is 59.6 Å². The second-order valence-corrected chi connectivity index (χ2v) is 8.72. The molecular weight excluding hydrogens is 403 g/mol. The quantitative estimate of drug-likeness (QED) is 0.550. The Hall–Kier alpha value is -1.92. The molecule has 0 saturated heterocycles. The summed E-state index contributed by atoms with van der Waals surface area (Å²) in [4.78, 5) is 4.26. The minimum Gasteiger partial charge on any atom is -0.260 e. The first-order valence-corrected chi connectivity index (χ1v) is 10.6. The normalized spacial score (nSPS) is 11.7.